The van der Waals surface area contributed by atoms with Crippen molar-refractivity contribution in [2.24, 2.45) is 11.5 Å². The molecule has 0 aromatic heterocycles. The van der Waals surface area contributed by atoms with Crippen LogP contribution in [-0.2, 0) is 39.3 Å². The van der Waals surface area contributed by atoms with Gasteiger partial charge in [-0.1, -0.05) is 86.3 Å². The molecule has 0 bridgehead atoms. The Labute approximate surface area is 321 Å². The van der Waals surface area contributed by atoms with Crippen LogP contribution < -0.4 is 20.9 Å². The van der Waals surface area contributed by atoms with Gasteiger partial charge in [0, 0.05) is 21.1 Å². The van der Waals surface area contributed by atoms with E-state index in [0.717, 1.165) is 74.0 Å². The topological polar surface area (TPSA) is 106 Å². The Kier molecular flexibility index (Phi) is 16.5. The Bertz CT molecular complexity index is 1620. The minimum atomic E-state index is -2.77. The fourth-order valence-electron chi connectivity index (χ4n) is 5.97. The summed E-state index contributed by atoms with van der Waals surface area (Å²) in [5.41, 5.74) is 16.1. The van der Waals surface area contributed by atoms with Gasteiger partial charge in [0.1, 0.15) is 23.0 Å². The maximum absolute atomic E-state index is 12.6. The smallest absolute Gasteiger partial charge is 0.319 e. The standard InChI is InChI=1S/C42H55Cl2N2O5P/c1-5-11-31-13-7-17-35(25-31)50-37-21-19-33(39(43)27-37)15-9-23-41(3,45)29-48-52(47)49-30-42(4,46)24-10-16-34-20-22-38(28-40(34)44)51-36-18-8-14-32(26-36)12-6-2/h7-8,13-14,17-22,25-28,52H,5-6,9-12,15-16,23-24,29-30,45-46H2,1-4H3/t41-,42-/m1/s1. The second-order valence-electron chi connectivity index (χ2n) is 14.3. The minimum Gasteiger partial charge on any atom is -0.457 e. The van der Waals surface area contributed by atoms with Gasteiger partial charge in [-0.15, -0.1) is 0 Å². The van der Waals surface area contributed by atoms with Gasteiger partial charge in [0.15, 0.2) is 0 Å². The number of benzene rings is 4. The van der Waals surface area contributed by atoms with Gasteiger partial charge < -0.3 is 30.0 Å². The van der Waals surface area contributed by atoms with E-state index in [9.17, 15) is 4.57 Å². The highest BCUT2D eigenvalue weighted by Gasteiger charge is 2.23. The number of rotatable bonds is 22. The van der Waals surface area contributed by atoms with Crippen molar-refractivity contribution in [1.29, 1.82) is 0 Å². The molecule has 0 heterocycles. The third-order valence-corrected chi connectivity index (χ3v) is 10.3. The molecular formula is C42H55Cl2N2O5P. The van der Waals surface area contributed by atoms with E-state index in [1.54, 1.807) is 0 Å². The summed E-state index contributed by atoms with van der Waals surface area (Å²) in [5, 5.41) is 1.30. The normalized spacial score (nSPS) is 13.9. The molecule has 282 valence electrons. The van der Waals surface area contributed by atoms with Crippen LogP contribution >= 0.6 is 31.5 Å². The van der Waals surface area contributed by atoms with Crippen LogP contribution in [0.15, 0.2) is 84.9 Å². The predicted molar refractivity (Wildman–Crippen MR) is 216 cm³/mol. The summed E-state index contributed by atoms with van der Waals surface area (Å²) in [6.07, 6.45) is 8.54. The zero-order chi connectivity index (χ0) is 37.6. The van der Waals surface area contributed by atoms with Gasteiger partial charge in [0.05, 0.1) is 13.2 Å². The third kappa shape index (κ3) is 14.5. The van der Waals surface area contributed by atoms with E-state index in [-0.39, 0.29) is 13.2 Å². The fourth-order valence-corrected chi connectivity index (χ4v) is 7.47. The van der Waals surface area contributed by atoms with Gasteiger partial charge in [0.25, 0.3) is 0 Å². The monoisotopic (exact) mass is 768 g/mol. The van der Waals surface area contributed by atoms with Crippen molar-refractivity contribution in [2.45, 2.75) is 103 Å². The molecule has 0 saturated carbocycles. The van der Waals surface area contributed by atoms with E-state index in [0.29, 0.717) is 34.4 Å². The molecule has 0 amide bonds. The highest BCUT2D eigenvalue weighted by atomic mass is 35.5. The fraction of sp³-hybridized carbons (Fsp3) is 0.429. The first-order valence-electron chi connectivity index (χ1n) is 18.3. The molecule has 0 radical (unpaired) electrons. The molecule has 52 heavy (non-hydrogen) atoms. The highest BCUT2D eigenvalue weighted by Crippen LogP contribution is 2.32. The van der Waals surface area contributed by atoms with Gasteiger partial charge in [0.2, 0.25) is 0 Å². The first-order chi connectivity index (χ1) is 24.8. The SMILES string of the molecule is CCCc1cccc(Oc2ccc(CCC[C@@](C)(N)CO[PH](=O)OC[C@](C)(N)CCCc3ccc(Oc4cccc(CCC)c4)cc3Cl)c(Cl)c2)c1. The maximum atomic E-state index is 12.6. The van der Waals surface area contributed by atoms with Crippen LogP contribution in [-0.4, -0.2) is 24.3 Å². The Hall–Kier alpha value is -2.87. The highest BCUT2D eigenvalue weighted by molar-refractivity contribution is 7.33. The van der Waals surface area contributed by atoms with Crippen molar-refractivity contribution in [1.82, 2.24) is 0 Å². The first-order valence-corrected chi connectivity index (χ1v) is 20.3. The molecule has 4 aromatic carbocycles. The van der Waals surface area contributed by atoms with Crippen molar-refractivity contribution in [3.8, 4) is 23.0 Å². The molecule has 2 atom stereocenters. The predicted octanol–water partition coefficient (Wildman–Crippen LogP) is 11.7. The van der Waals surface area contributed by atoms with Crippen LogP contribution in [0.2, 0.25) is 10.0 Å². The summed E-state index contributed by atoms with van der Waals surface area (Å²) in [6, 6.07) is 27.8. The summed E-state index contributed by atoms with van der Waals surface area (Å²) in [4.78, 5) is 0. The number of ether oxygens (including phenoxy) is 2. The Morgan fingerprint density at radius 3 is 1.38 bits per heavy atom. The summed E-state index contributed by atoms with van der Waals surface area (Å²) < 4.78 is 35.8. The van der Waals surface area contributed by atoms with Crippen molar-refractivity contribution >= 4 is 31.5 Å². The van der Waals surface area contributed by atoms with E-state index in [1.807, 2.05) is 74.5 Å². The van der Waals surface area contributed by atoms with E-state index in [2.05, 4.69) is 38.1 Å². The summed E-state index contributed by atoms with van der Waals surface area (Å²) in [6.45, 7) is 8.30. The second kappa shape index (κ2) is 20.5. The zero-order valence-electron chi connectivity index (χ0n) is 31.0. The lowest BCUT2D eigenvalue weighted by Gasteiger charge is -2.26. The quantitative estimate of drug-likeness (QED) is 0.0767. The van der Waals surface area contributed by atoms with E-state index < -0.39 is 19.3 Å². The molecule has 0 aliphatic heterocycles. The largest absolute Gasteiger partial charge is 0.457 e. The molecule has 4 rings (SSSR count). The summed E-state index contributed by atoms with van der Waals surface area (Å²) in [7, 11) is -2.77. The molecule has 10 heteroatoms. The molecule has 0 aliphatic rings. The van der Waals surface area contributed by atoms with E-state index >= 15 is 0 Å². The van der Waals surface area contributed by atoms with Crippen molar-refractivity contribution < 1.29 is 23.1 Å². The average Bonchev–Trinajstić information content (AvgIpc) is 3.09. The Balaban J connectivity index is 1.13. The van der Waals surface area contributed by atoms with Crippen molar-refractivity contribution in [3.63, 3.8) is 0 Å². The van der Waals surface area contributed by atoms with E-state index in [1.165, 1.54) is 11.1 Å². The lowest BCUT2D eigenvalue weighted by Crippen LogP contribution is -2.41. The number of hydrogen-bond donors (Lipinski definition) is 2. The summed E-state index contributed by atoms with van der Waals surface area (Å²) in [5.74, 6) is 2.99. The minimum absolute atomic E-state index is 0.103. The van der Waals surface area contributed by atoms with E-state index in [4.69, 9.17) is 53.2 Å². The first kappa shape index (κ1) is 41.9. The second-order valence-corrected chi connectivity index (χ2v) is 16.2. The summed E-state index contributed by atoms with van der Waals surface area (Å²) >= 11 is 13.2. The van der Waals surface area contributed by atoms with Crippen LogP contribution in [0.3, 0.4) is 0 Å². The number of nitrogens with two attached hydrogens (primary N) is 2. The van der Waals surface area contributed by atoms with Gasteiger partial charge in [-0.3, -0.25) is 4.57 Å². The molecule has 4 aromatic rings. The van der Waals surface area contributed by atoms with Crippen LogP contribution in [0.5, 0.6) is 23.0 Å². The molecule has 0 fully saturated rings. The van der Waals surface area contributed by atoms with Crippen LogP contribution in [0.25, 0.3) is 0 Å². The lowest BCUT2D eigenvalue weighted by molar-refractivity contribution is 0.156. The van der Waals surface area contributed by atoms with Gasteiger partial charge in [-0.2, -0.15) is 0 Å². The van der Waals surface area contributed by atoms with Gasteiger partial charge >= 0.3 is 8.25 Å². The van der Waals surface area contributed by atoms with Crippen LogP contribution in [0, 0.1) is 0 Å². The molecule has 0 unspecified atom stereocenters. The molecule has 4 N–H and O–H groups in total. The Morgan fingerprint density at radius 2 is 1.00 bits per heavy atom. The number of halogens is 2. The van der Waals surface area contributed by atoms with Crippen molar-refractivity contribution in [3.05, 3.63) is 117 Å². The zero-order valence-corrected chi connectivity index (χ0v) is 33.5. The lowest BCUT2D eigenvalue weighted by atomic mass is 9.95. The Morgan fingerprint density at radius 1 is 0.596 bits per heavy atom. The van der Waals surface area contributed by atoms with Crippen LogP contribution in [0.4, 0.5) is 0 Å². The molecule has 0 aliphatic carbocycles. The average molecular weight is 770 g/mol. The molecular weight excluding hydrogens is 714 g/mol. The number of aryl methyl sites for hydroxylation is 4. The van der Waals surface area contributed by atoms with Gasteiger partial charge in [-0.25, -0.2) is 0 Å². The maximum Gasteiger partial charge on any atom is 0.319 e. The molecule has 0 spiro atoms. The van der Waals surface area contributed by atoms with Crippen LogP contribution in [0.1, 0.15) is 88.5 Å². The van der Waals surface area contributed by atoms with Gasteiger partial charge in [-0.05, 0) is 136 Å². The van der Waals surface area contributed by atoms with Crippen molar-refractivity contribution in [2.75, 3.05) is 13.2 Å². The number of hydrogen-bond acceptors (Lipinski definition) is 7. The molecule has 0 saturated heterocycles. The third-order valence-electron chi connectivity index (χ3n) is 8.82. The molecule has 7 nitrogen and oxygen atoms in total.